The van der Waals surface area contributed by atoms with Crippen molar-refractivity contribution < 1.29 is 24.3 Å². The summed E-state index contributed by atoms with van der Waals surface area (Å²) in [5.74, 6) is -1.92. The lowest BCUT2D eigenvalue weighted by Crippen LogP contribution is -2.42. The van der Waals surface area contributed by atoms with E-state index >= 15 is 0 Å². The summed E-state index contributed by atoms with van der Waals surface area (Å²) in [6.45, 7) is 0.731. The van der Waals surface area contributed by atoms with Crippen LogP contribution in [0.3, 0.4) is 0 Å². The lowest BCUT2D eigenvalue weighted by molar-refractivity contribution is -0.145. The summed E-state index contributed by atoms with van der Waals surface area (Å²) in [5, 5.41) is 8.92. The monoisotopic (exact) mass is 448 g/mol. The van der Waals surface area contributed by atoms with Crippen molar-refractivity contribution in [1.82, 2.24) is 9.80 Å². The van der Waals surface area contributed by atoms with Gasteiger partial charge in [0.15, 0.2) is 0 Å². The van der Waals surface area contributed by atoms with Crippen molar-refractivity contribution in [2.45, 2.75) is 19.3 Å². The van der Waals surface area contributed by atoms with E-state index in [4.69, 9.17) is 16.7 Å². The highest BCUT2D eigenvalue weighted by Gasteiger charge is 2.36. The van der Waals surface area contributed by atoms with Gasteiger partial charge in [0.1, 0.15) is 0 Å². The number of hydrogen-bond donors (Lipinski definition) is 1. The highest BCUT2D eigenvalue weighted by molar-refractivity contribution is 8.18. The van der Waals surface area contributed by atoms with E-state index in [0.717, 1.165) is 22.2 Å². The number of imide groups is 1. The van der Waals surface area contributed by atoms with Crippen molar-refractivity contribution in [3.05, 3.63) is 51.9 Å². The molecule has 0 atom stereocenters. The normalized spacial score (nSPS) is 19.6. The van der Waals surface area contributed by atoms with Gasteiger partial charge in [-0.1, -0.05) is 41.9 Å². The molecule has 9 heteroatoms. The molecule has 1 aromatic carbocycles. The first kappa shape index (κ1) is 22.1. The summed E-state index contributed by atoms with van der Waals surface area (Å²) in [5.41, 5.74) is 0.871. The van der Waals surface area contributed by atoms with Crippen molar-refractivity contribution in [2.24, 2.45) is 5.92 Å². The van der Waals surface area contributed by atoms with Gasteiger partial charge in [-0.2, -0.15) is 0 Å². The smallest absolute Gasteiger partial charge is 0.306 e. The zero-order valence-electron chi connectivity index (χ0n) is 16.1. The molecule has 2 aliphatic heterocycles. The molecule has 0 aliphatic carbocycles. The van der Waals surface area contributed by atoms with E-state index in [0.29, 0.717) is 31.0 Å². The summed E-state index contributed by atoms with van der Waals surface area (Å²) < 4.78 is 0. The number of benzene rings is 1. The average molecular weight is 449 g/mol. The van der Waals surface area contributed by atoms with Gasteiger partial charge in [0, 0.05) is 31.1 Å². The number of carboxylic acids is 1. The molecule has 158 valence electrons. The number of likely N-dealkylation sites (tertiary alicyclic amines) is 1. The fourth-order valence-electron chi connectivity index (χ4n) is 3.31. The van der Waals surface area contributed by atoms with Crippen molar-refractivity contribution in [3.63, 3.8) is 0 Å². The molecule has 2 aliphatic rings. The van der Waals surface area contributed by atoms with Crippen LogP contribution in [0.1, 0.15) is 24.8 Å². The van der Waals surface area contributed by atoms with Crippen LogP contribution in [-0.4, -0.2) is 57.6 Å². The SMILES string of the molecule is O=C(O)C1CCN(C(=O)CCN2C(=O)SC(=CC(Cl)=Cc3ccccc3)C2=O)CC1. The average Bonchev–Trinajstić information content (AvgIpc) is 2.99. The lowest BCUT2D eigenvalue weighted by Gasteiger charge is -2.30. The summed E-state index contributed by atoms with van der Waals surface area (Å²) >= 11 is 7.00. The van der Waals surface area contributed by atoms with Crippen LogP contribution < -0.4 is 0 Å². The lowest BCUT2D eigenvalue weighted by atomic mass is 9.97. The molecule has 1 N–H and O–H groups in total. The number of piperidine rings is 1. The maximum absolute atomic E-state index is 12.6. The molecule has 30 heavy (non-hydrogen) atoms. The Morgan fingerprint density at radius 3 is 2.47 bits per heavy atom. The summed E-state index contributed by atoms with van der Waals surface area (Å²) in [6.07, 6.45) is 3.99. The predicted octanol–water partition coefficient (Wildman–Crippen LogP) is 3.56. The third-order valence-electron chi connectivity index (χ3n) is 4.99. The first-order chi connectivity index (χ1) is 14.3. The molecular weight excluding hydrogens is 428 g/mol. The van der Waals surface area contributed by atoms with Crippen LogP contribution in [-0.2, 0) is 14.4 Å². The van der Waals surface area contributed by atoms with Gasteiger partial charge >= 0.3 is 5.97 Å². The van der Waals surface area contributed by atoms with E-state index in [1.165, 1.54) is 6.08 Å². The number of amides is 3. The number of carboxylic acid groups (broad SMARTS) is 1. The number of carbonyl (C=O) groups is 4. The number of rotatable bonds is 6. The molecule has 0 bridgehead atoms. The third kappa shape index (κ3) is 5.52. The molecule has 7 nitrogen and oxygen atoms in total. The Bertz CT molecular complexity index is 907. The number of allylic oxidation sites excluding steroid dienone is 2. The second kappa shape index (κ2) is 9.95. The third-order valence-corrected chi connectivity index (χ3v) is 6.12. The highest BCUT2D eigenvalue weighted by atomic mass is 35.5. The van der Waals surface area contributed by atoms with Crippen LogP contribution in [0.5, 0.6) is 0 Å². The van der Waals surface area contributed by atoms with Gasteiger partial charge in [0.2, 0.25) is 5.91 Å². The van der Waals surface area contributed by atoms with Crippen molar-refractivity contribution >= 4 is 52.5 Å². The van der Waals surface area contributed by atoms with Crippen molar-refractivity contribution in [2.75, 3.05) is 19.6 Å². The second-order valence-corrected chi connectivity index (χ2v) is 8.45. The number of aliphatic carboxylic acids is 1. The Labute approximate surface area is 183 Å². The molecule has 0 unspecified atom stereocenters. The summed E-state index contributed by atoms with van der Waals surface area (Å²) in [7, 11) is 0. The number of thioether (sulfide) groups is 1. The first-order valence-electron chi connectivity index (χ1n) is 9.53. The van der Waals surface area contributed by atoms with Crippen LogP contribution in [0.25, 0.3) is 6.08 Å². The predicted molar refractivity (Wildman–Crippen MR) is 115 cm³/mol. The molecule has 2 fully saturated rings. The maximum atomic E-state index is 12.6. The molecule has 2 heterocycles. The van der Waals surface area contributed by atoms with E-state index in [1.54, 1.807) is 11.0 Å². The Morgan fingerprint density at radius 2 is 1.83 bits per heavy atom. The van der Waals surface area contributed by atoms with Crippen LogP contribution in [0.15, 0.2) is 46.3 Å². The van der Waals surface area contributed by atoms with Gasteiger partial charge in [0.25, 0.3) is 11.1 Å². The Balaban J connectivity index is 1.55. The second-order valence-electron chi connectivity index (χ2n) is 7.02. The minimum absolute atomic E-state index is 0.0106. The van der Waals surface area contributed by atoms with Gasteiger partial charge in [-0.15, -0.1) is 0 Å². The maximum Gasteiger partial charge on any atom is 0.306 e. The van der Waals surface area contributed by atoms with E-state index in [2.05, 4.69) is 0 Å². The molecule has 0 saturated carbocycles. The van der Waals surface area contributed by atoms with Crippen LogP contribution in [0.2, 0.25) is 0 Å². The number of carbonyl (C=O) groups excluding carboxylic acids is 3. The Morgan fingerprint density at radius 1 is 1.17 bits per heavy atom. The van der Waals surface area contributed by atoms with E-state index in [9.17, 15) is 19.2 Å². The van der Waals surface area contributed by atoms with Gasteiger partial charge in [-0.3, -0.25) is 24.1 Å². The topological polar surface area (TPSA) is 95.0 Å². The molecule has 2 saturated heterocycles. The van der Waals surface area contributed by atoms with Crippen LogP contribution in [0, 0.1) is 5.92 Å². The van der Waals surface area contributed by atoms with E-state index in [-0.39, 0.29) is 23.8 Å². The Hall–Kier alpha value is -2.58. The molecule has 1 aromatic rings. The number of hydrogen-bond acceptors (Lipinski definition) is 5. The first-order valence-corrected chi connectivity index (χ1v) is 10.7. The number of nitrogens with zero attached hydrogens (tertiary/aromatic N) is 2. The number of halogens is 1. The van der Waals surface area contributed by atoms with Gasteiger partial charge < -0.3 is 10.0 Å². The van der Waals surface area contributed by atoms with E-state index in [1.807, 2.05) is 30.3 Å². The van der Waals surface area contributed by atoms with Crippen molar-refractivity contribution in [3.8, 4) is 0 Å². The molecule has 0 spiro atoms. The zero-order valence-corrected chi connectivity index (χ0v) is 17.7. The molecular formula is C21H21ClN2O5S. The summed E-state index contributed by atoms with van der Waals surface area (Å²) in [6, 6.07) is 9.35. The molecule has 0 aromatic heterocycles. The zero-order chi connectivity index (χ0) is 21.7. The largest absolute Gasteiger partial charge is 0.481 e. The minimum Gasteiger partial charge on any atom is -0.481 e. The molecule has 3 rings (SSSR count). The van der Waals surface area contributed by atoms with Crippen LogP contribution in [0.4, 0.5) is 4.79 Å². The molecule has 3 amide bonds. The van der Waals surface area contributed by atoms with E-state index < -0.39 is 23.0 Å². The highest BCUT2D eigenvalue weighted by Crippen LogP contribution is 2.32. The van der Waals surface area contributed by atoms with Crippen LogP contribution >= 0.6 is 23.4 Å². The fraction of sp³-hybridized carbons (Fsp3) is 0.333. The summed E-state index contributed by atoms with van der Waals surface area (Å²) in [4.78, 5) is 51.0. The van der Waals surface area contributed by atoms with Gasteiger partial charge in [0.05, 0.1) is 10.8 Å². The quantitative estimate of drug-likeness (QED) is 0.668. The van der Waals surface area contributed by atoms with Gasteiger partial charge in [-0.25, -0.2) is 0 Å². The standard InChI is InChI=1S/C21H21ClN2O5S/c22-16(12-14-4-2-1-3-5-14)13-17-19(26)24(21(29)30-17)11-8-18(25)23-9-6-15(7-10-23)20(27)28/h1-5,12-13,15H,6-11H2,(H,27,28). The minimum atomic E-state index is -0.841. The fourth-order valence-corrected chi connectivity index (χ4v) is 4.47. The molecule has 0 radical (unpaired) electrons. The van der Waals surface area contributed by atoms with Gasteiger partial charge in [-0.05, 0) is 42.3 Å². The van der Waals surface area contributed by atoms with Crippen molar-refractivity contribution in [1.29, 1.82) is 0 Å². The Kier molecular flexibility index (Phi) is 7.33.